The summed E-state index contributed by atoms with van der Waals surface area (Å²) in [6, 6.07) is 0. The first-order valence-electron chi connectivity index (χ1n) is 6.90. The van der Waals surface area contributed by atoms with Crippen LogP contribution in [0.2, 0.25) is 5.02 Å². The van der Waals surface area contributed by atoms with Crippen molar-refractivity contribution >= 4 is 45.9 Å². The Labute approximate surface area is 143 Å². The van der Waals surface area contributed by atoms with Gasteiger partial charge < -0.3 is 4.74 Å². The Kier molecular flexibility index (Phi) is 4.69. The Morgan fingerprint density at radius 1 is 1.35 bits per heavy atom. The highest BCUT2D eigenvalue weighted by Gasteiger charge is 2.20. The van der Waals surface area contributed by atoms with Crippen LogP contribution < -0.4 is 9.67 Å². The Hall–Kier alpha value is -1.45. The molecule has 124 valence electrons. The lowest BCUT2D eigenvalue weighted by molar-refractivity contribution is -0.139. The summed E-state index contributed by atoms with van der Waals surface area (Å²) in [4.78, 5) is 28.2. The van der Waals surface area contributed by atoms with E-state index in [1.54, 1.807) is 9.36 Å². The van der Waals surface area contributed by atoms with Crippen LogP contribution in [0.5, 0.6) is 0 Å². The fraction of sp³-hybridized carbons (Fsp3) is 0.462. The van der Waals surface area contributed by atoms with Gasteiger partial charge in [-0.05, 0) is 24.2 Å². The van der Waals surface area contributed by atoms with Gasteiger partial charge in [-0.1, -0.05) is 11.6 Å². The average molecular weight is 378 g/mol. The molecule has 0 amide bonds. The van der Waals surface area contributed by atoms with Crippen LogP contribution in [0.3, 0.4) is 0 Å². The number of hydrogen-bond donors (Lipinski definition) is 0. The van der Waals surface area contributed by atoms with Crippen molar-refractivity contribution in [3.63, 3.8) is 0 Å². The maximum absolute atomic E-state index is 14.1. The Morgan fingerprint density at radius 3 is 2.74 bits per heavy atom. The molecule has 0 saturated heterocycles. The quantitative estimate of drug-likeness (QED) is 0.771. The summed E-state index contributed by atoms with van der Waals surface area (Å²) >= 11 is 7.88. The lowest BCUT2D eigenvalue weighted by atomic mass is 10.3. The number of aromatic nitrogens is 2. The topological polar surface area (TPSA) is 65.6 Å². The second kappa shape index (κ2) is 6.58. The second-order valence-electron chi connectivity index (χ2n) is 4.93. The summed E-state index contributed by atoms with van der Waals surface area (Å²) in [7, 11) is 1.26. The summed E-state index contributed by atoms with van der Waals surface area (Å²) in [5, 5.41) is -0.487. The number of nitrogens with zero attached hydrogens (tertiary/aromatic N) is 3. The lowest BCUT2D eigenvalue weighted by Crippen LogP contribution is -2.31. The van der Waals surface area contributed by atoms with E-state index >= 15 is 0 Å². The predicted octanol–water partition coefficient (Wildman–Crippen LogP) is 2.31. The zero-order chi connectivity index (χ0) is 16.6. The molecule has 3 heterocycles. The third-order valence-electron chi connectivity index (χ3n) is 3.48. The summed E-state index contributed by atoms with van der Waals surface area (Å²) in [5.41, 5.74) is -0.0294. The number of fused-ring (bicyclic) bond motifs is 1. The molecule has 0 aromatic carbocycles. The fourth-order valence-corrected chi connectivity index (χ4v) is 4.43. The molecule has 1 aliphatic heterocycles. The number of hydrogen-bond acceptors (Lipinski definition) is 6. The number of thiophene rings is 1. The van der Waals surface area contributed by atoms with Crippen LogP contribution in [0.4, 0.5) is 10.1 Å². The van der Waals surface area contributed by atoms with E-state index < -0.39 is 11.1 Å². The fourth-order valence-electron chi connectivity index (χ4n) is 2.34. The van der Waals surface area contributed by atoms with Crippen LogP contribution in [0, 0.1) is 5.13 Å². The van der Waals surface area contributed by atoms with Crippen molar-refractivity contribution in [2.24, 2.45) is 4.99 Å². The van der Waals surface area contributed by atoms with E-state index in [0.717, 1.165) is 35.5 Å². The van der Waals surface area contributed by atoms with Gasteiger partial charge in [0.15, 0.2) is 0 Å². The van der Waals surface area contributed by atoms with Crippen LogP contribution in [0.1, 0.15) is 17.7 Å². The third-order valence-corrected chi connectivity index (χ3v) is 5.84. The van der Waals surface area contributed by atoms with E-state index in [4.69, 9.17) is 11.6 Å². The highest BCUT2D eigenvalue weighted by molar-refractivity contribution is 7.11. The Morgan fingerprint density at radius 2 is 2.04 bits per heavy atom. The highest BCUT2D eigenvalue weighted by Crippen LogP contribution is 2.38. The molecule has 0 fully saturated rings. The molecule has 0 radical (unpaired) electrons. The first kappa shape index (κ1) is 16.4. The van der Waals surface area contributed by atoms with Crippen LogP contribution in [0.15, 0.2) is 9.79 Å². The van der Waals surface area contributed by atoms with Crippen LogP contribution in [-0.2, 0) is 29.0 Å². The number of esters is 1. The first-order chi connectivity index (χ1) is 11.0. The van der Waals surface area contributed by atoms with Gasteiger partial charge in [-0.3, -0.25) is 14.3 Å². The highest BCUT2D eigenvalue weighted by atomic mass is 35.5. The maximum Gasteiger partial charge on any atom is 0.325 e. The molecule has 0 atom stereocenters. The number of carbonyl (C=O) groups is 1. The molecule has 0 bridgehead atoms. The van der Waals surface area contributed by atoms with Crippen molar-refractivity contribution in [1.29, 1.82) is 0 Å². The zero-order valence-corrected chi connectivity index (χ0v) is 14.6. The van der Waals surface area contributed by atoms with Gasteiger partial charge in [-0.15, -0.1) is 11.3 Å². The molecule has 6 nitrogen and oxygen atoms in total. The maximum atomic E-state index is 14.1. The minimum Gasteiger partial charge on any atom is -0.469 e. The summed E-state index contributed by atoms with van der Waals surface area (Å²) in [6.45, 7) is 1.30. The minimum absolute atomic E-state index is 0.0294. The van der Waals surface area contributed by atoms with E-state index in [2.05, 4.69) is 9.73 Å². The number of rotatable bonds is 3. The van der Waals surface area contributed by atoms with Gasteiger partial charge in [0.2, 0.25) is 9.93 Å². The molecule has 3 rings (SSSR count). The molecular weight excluding hydrogens is 365 g/mol. The number of carbonyl (C=O) groups excluding carboxylic acids is 1. The molecule has 0 unspecified atom stereocenters. The van der Waals surface area contributed by atoms with Gasteiger partial charge in [0.1, 0.15) is 5.69 Å². The number of halogens is 2. The molecule has 0 saturated carbocycles. The van der Waals surface area contributed by atoms with Crippen molar-refractivity contribution in [3.8, 4) is 0 Å². The molecule has 10 heteroatoms. The Balaban J connectivity index is 2.07. The van der Waals surface area contributed by atoms with Gasteiger partial charge in [0.25, 0.3) is 0 Å². The molecule has 1 aliphatic rings. The van der Waals surface area contributed by atoms with E-state index in [-0.39, 0.29) is 22.0 Å². The van der Waals surface area contributed by atoms with Gasteiger partial charge in [-0.2, -0.15) is 4.39 Å². The molecule has 2 aromatic heterocycles. The van der Waals surface area contributed by atoms with Crippen molar-refractivity contribution in [1.82, 2.24) is 9.36 Å². The smallest absolute Gasteiger partial charge is 0.325 e. The van der Waals surface area contributed by atoms with Gasteiger partial charge in [0.05, 0.1) is 18.6 Å². The zero-order valence-electron chi connectivity index (χ0n) is 12.2. The molecular formula is C13H13ClFN3O3S2. The second-order valence-corrected chi connectivity index (χ2v) is 7.28. The molecule has 2 aromatic rings. The van der Waals surface area contributed by atoms with Gasteiger partial charge >= 0.3 is 10.8 Å². The summed E-state index contributed by atoms with van der Waals surface area (Å²) in [5.74, 6) is -0.500. The molecule has 23 heavy (non-hydrogen) atoms. The van der Waals surface area contributed by atoms with E-state index in [0.29, 0.717) is 22.8 Å². The third kappa shape index (κ3) is 3.13. The molecule has 0 aliphatic carbocycles. The molecule has 0 N–H and O–H groups in total. The largest absolute Gasteiger partial charge is 0.469 e. The van der Waals surface area contributed by atoms with Crippen molar-refractivity contribution in [2.45, 2.75) is 32.4 Å². The van der Waals surface area contributed by atoms with Crippen LogP contribution >= 0.6 is 34.3 Å². The predicted molar refractivity (Wildman–Crippen MR) is 86.0 cm³/mol. The monoisotopic (exact) mass is 377 g/mol. The van der Waals surface area contributed by atoms with Crippen molar-refractivity contribution in [2.75, 3.05) is 7.11 Å². The van der Waals surface area contributed by atoms with Gasteiger partial charge in [0, 0.05) is 18.0 Å². The minimum atomic E-state index is -0.579. The van der Waals surface area contributed by atoms with Crippen molar-refractivity contribution in [3.05, 3.63) is 29.5 Å². The average Bonchev–Trinajstić information content (AvgIpc) is 3.00. The van der Waals surface area contributed by atoms with Crippen LogP contribution in [0.25, 0.3) is 0 Å². The van der Waals surface area contributed by atoms with E-state index in [9.17, 15) is 14.0 Å². The first-order valence-corrected chi connectivity index (χ1v) is 8.91. The lowest BCUT2D eigenvalue weighted by Gasteiger charge is -2.15. The standard InChI is InChI=1S/C13H13ClFN3O3S2/c1-21-8(19)6-7-9(14)10(11(15)22-7)16-12-17-4-2-3-5-18(17)13(20)23-12/h2-6H2,1H3. The molecule has 0 spiro atoms. The Bertz CT molecular complexity index is 880. The van der Waals surface area contributed by atoms with Gasteiger partial charge in [-0.25, -0.2) is 9.67 Å². The number of methoxy groups -OCH3 is 1. The summed E-state index contributed by atoms with van der Waals surface area (Å²) in [6.07, 6.45) is 1.77. The van der Waals surface area contributed by atoms with Crippen LogP contribution in [-0.4, -0.2) is 22.4 Å². The number of ether oxygens (including phenoxy) is 1. The SMILES string of the molecule is COC(=O)Cc1sc(F)c(N=c2sc(=O)n3n2CCCC3)c1Cl. The summed E-state index contributed by atoms with van der Waals surface area (Å²) < 4.78 is 22.1. The normalized spacial score (nSPS) is 14.8. The van der Waals surface area contributed by atoms with Crippen molar-refractivity contribution < 1.29 is 13.9 Å². The van der Waals surface area contributed by atoms with E-state index in [1.807, 2.05) is 0 Å². The van der Waals surface area contributed by atoms with E-state index in [1.165, 1.54) is 7.11 Å².